The first-order valence-corrected chi connectivity index (χ1v) is 6.35. The highest BCUT2D eigenvalue weighted by Crippen LogP contribution is 2.44. The lowest BCUT2D eigenvalue weighted by atomic mass is 10.0. The van der Waals surface area contributed by atoms with Crippen LogP contribution < -0.4 is 10.6 Å². The van der Waals surface area contributed by atoms with Crippen molar-refractivity contribution in [3.05, 3.63) is 17.7 Å². The molecule has 4 N–H and O–H groups in total. The van der Waals surface area contributed by atoms with Gasteiger partial charge in [0.05, 0.1) is 30.4 Å². The van der Waals surface area contributed by atoms with Crippen LogP contribution in [0.25, 0.3) is 0 Å². The van der Waals surface area contributed by atoms with E-state index in [2.05, 4.69) is 20.6 Å². The summed E-state index contributed by atoms with van der Waals surface area (Å²) < 4.78 is 0. The van der Waals surface area contributed by atoms with Crippen molar-refractivity contribution in [2.75, 3.05) is 13.2 Å². The minimum absolute atomic E-state index is 0.00313. The number of hydrogen-bond donors (Lipinski definition) is 4. The second-order valence-corrected chi connectivity index (χ2v) is 5.34. The molecule has 1 fully saturated rings. The lowest BCUT2D eigenvalue weighted by Gasteiger charge is -2.23. The Labute approximate surface area is 105 Å². The molecule has 0 aromatic carbocycles. The molecule has 0 radical (unpaired) electrons. The van der Waals surface area contributed by atoms with Crippen molar-refractivity contribution in [2.24, 2.45) is 5.41 Å². The maximum atomic E-state index is 12.0. The topological polar surface area (TPSA) is 90.0 Å². The number of nitrogens with zero attached hydrogens (tertiary/aromatic N) is 1. The molecular weight excluding hydrogens is 232 g/mol. The number of nitrogens with one attached hydrogen (secondary N) is 3. The summed E-state index contributed by atoms with van der Waals surface area (Å²) in [4.78, 5) is 19.3. The van der Waals surface area contributed by atoms with E-state index < -0.39 is 0 Å². The van der Waals surface area contributed by atoms with Crippen LogP contribution in [0.3, 0.4) is 0 Å². The van der Waals surface area contributed by atoms with E-state index in [0.29, 0.717) is 19.5 Å². The second-order valence-electron chi connectivity index (χ2n) is 5.34. The van der Waals surface area contributed by atoms with E-state index in [4.69, 9.17) is 0 Å². The molecule has 1 aromatic heterocycles. The van der Waals surface area contributed by atoms with Crippen LogP contribution in [0, 0.1) is 5.41 Å². The zero-order chi connectivity index (χ0) is 12.6. The summed E-state index contributed by atoms with van der Waals surface area (Å²) in [6, 6.07) is -0.213. The van der Waals surface area contributed by atoms with Crippen molar-refractivity contribution in [2.45, 2.75) is 31.8 Å². The zero-order valence-corrected chi connectivity index (χ0v) is 10.2. The average molecular weight is 250 g/mol. The first-order chi connectivity index (χ1) is 8.72. The molecule has 6 nitrogen and oxygen atoms in total. The number of carbonyl (C=O) groups excluding carboxylic acids is 1. The summed E-state index contributed by atoms with van der Waals surface area (Å²) in [5.41, 5.74) is 1.99. The molecule has 0 spiro atoms. The number of imidazole rings is 1. The first-order valence-electron chi connectivity index (χ1n) is 6.35. The summed E-state index contributed by atoms with van der Waals surface area (Å²) in [6.45, 7) is 1.39. The fourth-order valence-corrected chi connectivity index (χ4v) is 2.32. The molecule has 1 aliphatic heterocycles. The second kappa shape index (κ2) is 4.37. The quantitative estimate of drug-likeness (QED) is 0.569. The Bertz CT molecular complexity index is 453. The number of fused-ring (bicyclic) bond motifs is 1. The van der Waals surface area contributed by atoms with Gasteiger partial charge in [-0.15, -0.1) is 0 Å². The molecule has 6 heteroatoms. The third-order valence-corrected chi connectivity index (χ3v) is 3.98. The molecule has 1 aliphatic carbocycles. The highest BCUT2D eigenvalue weighted by Gasteiger charge is 2.42. The summed E-state index contributed by atoms with van der Waals surface area (Å²) >= 11 is 0. The lowest BCUT2D eigenvalue weighted by Crippen LogP contribution is -2.49. The van der Waals surface area contributed by atoms with Crippen LogP contribution in [0.2, 0.25) is 0 Å². The summed E-state index contributed by atoms with van der Waals surface area (Å²) in [5, 5.41) is 15.3. The van der Waals surface area contributed by atoms with Crippen LogP contribution in [-0.4, -0.2) is 40.2 Å². The van der Waals surface area contributed by atoms with E-state index in [-0.39, 0.29) is 24.0 Å². The lowest BCUT2D eigenvalue weighted by molar-refractivity contribution is -0.123. The maximum Gasteiger partial charge on any atom is 0.237 e. The Morgan fingerprint density at radius 3 is 3.17 bits per heavy atom. The van der Waals surface area contributed by atoms with Gasteiger partial charge in [0, 0.05) is 24.9 Å². The van der Waals surface area contributed by atoms with Gasteiger partial charge in [-0.3, -0.25) is 10.1 Å². The van der Waals surface area contributed by atoms with Gasteiger partial charge in [-0.05, 0) is 12.8 Å². The molecule has 1 unspecified atom stereocenters. The monoisotopic (exact) mass is 250 g/mol. The number of aliphatic hydroxyl groups is 1. The molecule has 2 heterocycles. The van der Waals surface area contributed by atoms with E-state index >= 15 is 0 Å². The van der Waals surface area contributed by atoms with E-state index in [1.165, 1.54) is 0 Å². The van der Waals surface area contributed by atoms with Crippen LogP contribution >= 0.6 is 0 Å². The minimum Gasteiger partial charge on any atom is -0.396 e. The Hall–Kier alpha value is -1.40. The molecule has 0 saturated heterocycles. The number of hydrogen-bond acceptors (Lipinski definition) is 4. The van der Waals surface area contributed by atoms with Gasteiger partial charge in [-0.1, -0.05) is 0 Å². The van der Waals surface area contributed by atoms with Crippen molar-refractivity contribution in [3.63, 3.8) is 0 Å². The van der Waals surface area contributed by atoms with E-state index in [1.807, 2.05) is 0 Å². The molecule has 2 aliphatic rings. The Balaban J connectivity index is 1.55. The van der Waals surface area contributed by atoms with Gasteiger partial charge in [0.15, 0.2) is 0 Å². The molecule has 1 atom stereocenters. The van der Waals surface area contributed by atoms with Crippen molar-refractivity contribution < 1.29 is 9.90 Å². The molecule has 18 heavy (non-hydrogen) atoms. The fraction of sp³-hybridized carbons (Fsp3) is 0.667. The van der Waals surface area contributed by atoms with Gasteiger partial charge in [-0.2, -0.15) is 0 Å². The zero-order valence-electron chi connectivity index (χ0n) is 10.2. The molecule has 1 saturated carbocycles. The third kappa shape index (κ3) is 2.13. The molecule has 3 rings (SSSR count). The number of H-pyrrole nitrogens is 1. The van der Waals surface area contributed by atoms with Crippen molar-refractivity contribution in [1.29, 1.82) is 0 Å². The van der Waals surface area contributed by atoms with Crippen LogP contribution in [-0.2, 0) is 17.8 Å². The SMILES string of the molecule is O=C(NCC1(CO)CC1)C1Cc2nc[nH]c2CN1. The van der Waals surface area contributed by atoms with Gasteiger partial charge in [0.2, 0.25) is 5.91 Å². The van der Waals surface area contributed by atoms with Gasteiger partial charge in [0.25, 0.3) is 0 Å². The fourth-order valence-electron chi connectivity index (χ4n) is 2.32. The smallest absolute Gasteiger partial charge is 0.237 e. The van der Waals surface area contributed by atoms with Gasteiger partial charge < -0.3 is 15.4 Å². The highest BCUT2D eigenvalue weighted by molar-refractivity contribution is 5.82. The van der Waals surface area contributed by atoms with Crippen LogP contribution in [0.4, 0.5) is 0 Å². The number of aromatic amines is 1. The molecule has 1 aromatic rings. The number of aliphatic hydroxyl groups excluding tert-OH is 1. The average Bonchev–Trinajstić information content (AvgIpc) is 3.04. The van der Waals surface area contributed by atoms with Gasteiger partial charge in [-0.25, -0.2) is 4.98 Å². The highest BCUT2D eigenvalue weighted by atomic mass is 16.3. The normalized spacial score (nSPS) is 24.4. The third-order valence-electron chi connectivity index (χ3n) is 3.98. The van der Waals surface area contributed by atoms with E-state index in [1.54, 1.807) is 6.33 Å². The molecule has 0 bridgehead atoms. The van der Waals surface area contributed by atoms with Crippen molar-refractivity contribution >= 4 is 5.91 Å². The van der Waals surface area contributed by atoms with Gasteiger partial charge in [0.1, 0.15) is 0 Å². The van der Waals surface area contributed by atoms with Crippen molar-refractivity contribution in [1.82, 2.24) is 20.6 Å². The Morgan fingerprint density at radius 1 is 1.61 bits per heavy atom. The minimum atomic E-state index is -0.213. The number of amides is 1. The molecule has 1 amide bonds. The first kappa shape index (κ1) is 11.7. The van der Waals surface area contributed by atoms with E-state index in [9.17, 15) is 9.90 Å². The Morgan fingerprint density at radius 2 is 2.44 bits per heavy atom. The predicted octanol–water partition coefficient (Wildman–Crippen LogP) is -0.687. The standard InChI is InChI=1S/C12H18N4O2/c17-6-12(1-2-12)5-14-11(18)9-3-8-10(4-13-9)16-7-15-8/h7,9,13,17H,1-6H2,(H,14,18)(H,15,16). The summed E-state index contributed by atoms with van der Waals surface area (Å²) in [6.07, 6.45) is 4.30. The predicted molar refractivity (Wildman–Crippen MR) is 64.7 cm³/mol. The largest absolute Gasteiger partial charge is 0.396 e. The van der Waals surface area contributed by atoms with Crippen molar-refractivity contribution in [3.8, 4) is 0 Å². The van der Waals surface area contributed by atoms with Crippen LogP contribution in [0.15, 0.2) is 6.33 Å². The maximum absolute atomic E-state index is 12.0. The summed E-state index contributed by atoms with van der Waals surface area (Å²) in [5.74, 6) is 0.00313. The molecular formula is C12H18N4O2. The Kier molecular flexibility index (Phi) is 2.83. The summed E-state index contributed by atoms with van der Waals surface area (Å²) in [7, 11) is 0. The van der Waals surface area contributed by atoms with E-state index in [0.717, 1.165) is 24.2 Å². The number of carbonyl (C=O) groups is 1. The molecule has 98 valence electrons. The number of rotatable bonds is 4. The van der Waals surface area contributed by atoms with Gasteiger partial charge >= 0.3 is 0 Å². The van der Waals surface area contributed by atoms with Crippen LogP contribution in [0.1, 0.15) is 24.2 Å². The number of aromatic nitrogens is 2. The van der Waals surface area contributed by atoms with Crippen LogP contribution in [0.5, 0.6) is 0 Å².